The molecule has 1 aromatic heterocycles. The third-order valence-corrected chi connectivity index (χ3v) is 5.34. The van der Waals surface area contributed by atoms with Crippen LogP contribution in [0.3, 0.4) is 0 Å². The summed E-state index contributed by atoms with van der Waals surface area (Å²) >= 11 is 0. The van der Waals surface area contributed by atoms with Crippen molar-refractivity contribution in [3.63, 3.8) is 0 Å². The summed E-state index contributed by atoms with van der Waals surface area (Å²) in [4.78, 5) is 18.1. The summed E-state index contributed by atoms with van der Waals surface area (Å²) in [6.45, 7) is 3.78. The molecule has 0 aliphatic heterocycles. The van der Waals surface area contributed by atoms with Crippen LogP contribution < -0.4 is 10.1 Å². The van der Waals surface area contributed by atoms with Crippen LogP contribution in [0, 0.1) is 13.8 Å². The average molecular weight is 450 g/mol. The molecule has 0 saturated heterocycles. The summed E-state index contributed by atoms with van der Waals surface area (Å²) < 4.78 is 45.6. The molecule has 4 nitrogen and oxygen atoms in total. The van der Waals surface area contributed by atoms with E-state index in [9.17, 15) is 18.0 Å². The molecule has 4 aromatic rings. The molecule has 0 atom stereocenters. The SMILES string of the molecule is COc1cccc(-c2cc(C(=O)Nc3ccccc3C(F)(F)F)c3cc(C)cc(C)c3n2)c1. The normalized spacial score (nSPS) is 11.5. The van der Waals surface area contributed by atoms with Crippen molar-refractivity contribution >= 4 is 22.5 Å². The largest absolute Gasteiger partial charge is 0.497 e. The van der Waals surface area contributed by atoms with Gasteiger partial charge in [-0.25, -0.2) is 4.98 Å². The average Bonchev–Trinajstić information content (AvgIpc) is 2.78. The lowest BCUT2D eigenvalue weighted by atomic mass is 9.99. The number of hydrogen-bond acceptors (Lipinski definition) is 3. The maximum atomic E-state index is 13.4. The smallest absolute Gasteiger partial charge is 0.418 e. The Balaban J connectivity index is 1.88. The number of rotatable bonds is 4. The molecule has 1 heterocycles. The number of amides is 1. The monoisotopic (exact) mass is 450 g/mol. The summed E-state index contributed by atoms with van der Waals surface area (Å²) in [5, 5.41) is 3.02. The highest BCUT2D eigenvalue weighted by Gasteiger charge is 2.33. The third kappa shape index (κ3) is 4.53. The Morgan fingerprint density at radius 2 is 1.73 bits per heavy atom. The van der Waals surface area contributed by atoms with E-state index in [0.717, 1.165) is 22.8 Å². The van der Waals surface area contributed by atoms with Crippen molar-refractivity contribution in [1.29, 1.82) is 0 Å². The lowest BCUT2D eigenvalue weighted by molar-refractivity contribution is -0.136. The third-order valence-electron chi connectivity index (χ3n) is 5.34. The minimum atomic E-state index is -4.59. The molecule has 0 radical (unpaired) electrons. The number of anilines is 1. The van der Waals surface area contributed by atoms with Gasteiger partial charge < -0.3 is 10.1 Å². The maximum absolute atomic E-state index is 13.4. The van der Waals surface area contributed by atoms with Gasteiger partial charge in [0.05, 0.1) is 35.1 Å². The van der Waals surface area contributed by atoms with E-state index in [2.05, 4.69) is 5.32 Å². The molecule has 1 amide bonds. The second-order valence-corrected chi connectivity index (χ2v) is 7.76. The van der Waals surface area contributed by atoms with Crippen molar-refractivity contribution in [3.8, 4) is 17.0 Å². The van der Waals surface area contributed by atoms with Crippen molar-refractivity contribution in [3.05, 3.63) is 89.0 Å². The quantitative estimate of drug-likeness (QED) is 0.372. The predicted octanol–water partition coefficient (Wildman–Crippen LogP) is 6.80. The number of aryl methyl sites for hydroxylation is 2. The summed E-state index contributed by atoms with van der Waals surface area (Å²) in [6, 6.07) is 17.5. The number of carbonyl (C=O) groups is 1. The molecule has 0 saturated carbocycles. The number of aromatic nitrogens is 1. The summed E-state index contributed by atoms with van der Waals surface area (Å²) in [5.74, 6) is -0.0200. The van der Waals surface area contributed by atoms with Crippen LogP contribution in [0.25, 0.3) is 22.2 Å². The summed E-state index contributed by atoms with van der Waals surface area (Å²) in [6.07, 6.45) is -4.59. The van der Waals surface area contributed by atoms with Crippen LogP contribution in [-0.4, -0.2) is 18.0 Å². The zero-order chi connectivity index (χ0) is 23.8. The van der Waals surface area contributed by atoms with Crippen LogP contribution in [-0.2, 0) is 6.18 Å². The minimum absolute atomic E-state index is 0.238. The topological polar surface area (TPSA) is 51.2 Å². The zero-order valence-corrected chi connectivity index (χ0v) is 18.2. The van der Waals surface area contributed by atoms with Crippen LogP contribution in [0.2, 0.25) is 0 Å². The number of fused-ring (bicyclic) bond motifs is 1. The number of pyridine rings is 1. The number of alkyl halides is 3. The highest BCUT2D eigenvalue weighted by Crippen LogP contribution is 2.35. The first kappa shape index (κ1) is 22.3. The van der Waals surface area contributed by atoms with Gasteiger partial charge in [-0.2, -0.15) is 13.2 Å². The van der Waals surface area contributed by atoms with Crippen molar-refractivity contribution < 1.29 is 22.7 Å². The van der Waals surface area contributed by atoms with Gasteiger partial charge in [0, 0.05) is 10.9 Å². The number of nitrogens with zero attached hydrogens (tertiary/aromatic N) is 1. The van der Waals surface area contributed by atoms with Gasteiger partial charge in [0.2, 0.25) is 0 Å². The molecular weight excluding hydrogens is 429 g/mol. The fraction of sp³-hybridized carbons (Fsp3) is 0.154. The standard InChI is InChI=1S/C26H21F3N2O2/c1-15-11-16(2)24-19(12-15)20(14-23(30-24)17-7-6-8-18(13-17)33-3)25(32)31-22-10-5-4-9-21(22)26(27,28)29/h4-14H,1-3H3,(H,31,32). The van der Waals surface area contributed by atoms with Gasteiger partial charge in [-0.3, -0.25) is 4.79 Å². The fourth-order valence-electron chi connectivity index (χ4n) is 3.83. The number of halogens is 3. The Morgan fingerprint density at radius 3 is 2.45 bits per heavy atom. The number of ether oxygens (including phenoxy) is 1. The second-order valence-electron chi connectivity index (χ2n) is 7.76. The molecule has 0 bridgehead atoms. The molecule has 33 heavy (non-hydrogen) atoms. The van der Waals surface area contributed by atoms with Crippen LogP contribution in [0.4, 0.5) is 18.9 Å². The maximum Gasteiger partial charge on any atom is 0.418 e. The molecule has 0 aliphatic carbocycles. The molecule has 3 aromatic carbocycles. The first-order valence-corrected chi connectivity index (χ1v) is 10.2. The number of hydrogen-bond donors (Lipinski definition) is 1. The van der Waals surface area contributed by atoms with Crippen LogP contribution in [0.5, 0.6) is 5.75 Å². The lowest BCUT2D eigenvalue weighted by Gasteiger charge is -2.16. The van der Waals surface area contributed by atoms with Gasteiger partial charge in [0.1, 0.15) is 5.75 Å². The van der Waals surface area contributed by atoms with E-state index in [1.807, 2.05) is 32.0 Å². The number of methoxy groups -OCH3 is 1. The molecule has 0 spiro atoms. The number of para-hydroxylation sites is 1. The highest BCUT2D eigenvalue weighted by molar-refractivity contribution is 6.13. The Morgan fingerprint density at radius 1 is 0.970 bits per heavy atom. The van der Waals surface area contributed by atoms with Gasteiger partial charge in [0.15, 0.2) is 0 Å². The first-order chi connectivity index (χ1) is 15.7. The van der Waals surface area contributed by atoms with E-state index in [-0.39, 0.29) is 11.3 Å². The molecule has 0 aliphatic rings. The van der Waals surface area contributed by atoms with Crippen LogP contribution in [0.15, 0.2) is 66.7 Å². The van der Waals surface area contributed by atoms with Gasteiger partial charge in [-0.05, 0) is 55.8 Å². The first-order valence-electron chi connectivity index (χ1n) is 10.2. The van der Waals surface area contributed by atoms with Crippen LogP contribution >= 0.6 is 0 Å². The van der Waals surface area contributed by atoms with E-state index in [0.29, 0.717) is 22.3 Å². The number of nitrogens with one attached hydrogen (secondary N) is 1. The zero-order valence-electron chi connectivity index (χ0n) is 18.2. The van der Waals surface area contributed by atoms with Crippen molar-refractivity contribution in [2.24, 2.45) is 0 Å². The van der Waals surface area contributed by atoms with Gasteiger partial charge >= 0.3 is 6.18 Å². The highest BCUT2D eigenvalue weighted by atomic mass is 19.4. The van der Waals surface area contributed by atoms with E-state index < -0.39 is 17.6 Å². The molecule has 168 valence electrons. The Labute approximate surface area is 189 Å². The van der Waals surface area contributed by atoms with Gasteiger partial charge in [-0.1, -0.05) is 35.9 Å². The van der Waals surface area contributed by atoms with E-state index in [4.69, 9.17) is 9.72 Å². The minimum Gasteiger partial charge on any atom is -0.497 e. The molecule has 0 fully saturated rings. The molecule has 4 rings (SSSR count). The van der Waals surface area contributed by atoms with E-state index in [1.165, 1.54) is 18.2 Å². The predicted molar refractivity (Wildman–Crippen MR) is 123 cm³/mol. The Kier molecular flexibility index (Phi) is 5.80. The van der Waals surface area contributed by atoms with E-state index in [1.54, 1.807) is 31.4 Å². The summed E-state index contributed by atoms with van der Waals surface area (Å²) in [7, 11) is 1.55. The number of carbonyl (C=O) groups excluding carboxylic acids is 1. The van der Waals surface area contributed by atoms with E-state index >= 15 is 0 Å². The molecule has 1 N–H and O–H groups in total. The van der Waals surface area contributed by atoms with Crippen LogP contribution in [0.1, 0.15) is 27.0 Å². The molecule has 0 unspecified atom stereocenters. The molecule has 7 heteroatoms. The fourth-order valence-corrected chi connectivity index (χ4v) is 3.83. The molecular formula is C26H21F3N2O2. The Hall–Kier alpha value is -3.87. The van der Waals surface area contributed by atoms with Crippen molar-refractivity contribution in [1.82, 2.24) is 4.98 Å². The lowest BCUT2D eigenvalue weighted by Crippen LogP contribution is -2.17. The van der Waals surface area contributed by atoms with Crippen molar-refractivity contribution in [2.45, 2.75) is 20.0 Å². The Bertz CT molecular complexity index is 1360. The van der Waals surface area contributed by atoms with Gasteiger partial charge in [0.25, 0.3) is 5.91 Å². The number of benzene rings is 3. The summed E-state index contributed by atoms with van der Waals surface area (Å²) in [5.41, 5.74) is 2.66. The van der Waals surface area contributed by atoms with Gasteiger partial charge in [-0.15, -0.1) is 0 Å². The van der Waals surface area contributed by atoms with Crippen molar-refractivity contribution in [2.75, 3.05) is 12.4 Å². The second kappa shape index (κ2) is 8.58.